The van der Waals surface area contributed by atoms with Gasteiger partial charge in [-0.3, -0.25) is 0 Å². The zero-order valence-electron chi connectivity index (χ0n) is 14.2. The standard InChI is InChI=1S/C18H32N2/c1-7-13-19-17(14-20(6)8-2)15-9-11-16(12-10-15)18(3,4)5/h9-12,17,19H,7-8,13-14H2,1-6H3. The lowest BCUT2D eigenvalue weighted by atomic mass is 9.86. The molecule has 0 aliphatic rings. The number of rotatable bonds is 7. The van der Waals surface area contributed by atoms with Crippen LogP contribution in [-0.2, 0) is 5.41 Å². The second-order valence-electron chi connectivity index (χ2n) is 6.73. The van der Waals surface area contributed by atoms with E-state index in [1.165, 1.54) is 17.5 Å². The summed E-state index contributed by atoms with van der Waals surface area (Å²) in [5.74, 6) is 0. The molecule has 1 aromatic carbocycles. The number of nitrogens with zero attached hydrogens (tertiary/aromatic N) is 1. The lowest BCUT2D eigenvalue weighted by Gasteiger charge is -2.26. The van der Waals surface area contributed by atoms with Crippen LogP contribution in [0.2, 0.25) is 0 Å². The molecular weight excluding hydrogens is 244 g/mol. The molecule has 0 aliphatic carbocycles. The first-order valence-electron chi connectivity index (χ1n) is 7.90. The van der Waals surface area contributed by atoms with Gasteiger partial charge < -0.3 is 10.2 Å². The van der Waals surface area contributed by atoms with Crippen LogP contribution in [0.1, 0.15) is 58.2 Å². The van der Waals surface area contributed by atoms with E-state index in [2.05, 4.69) is 76.1 Å². The predicted molar refractivity (Wildman–Crippen MR) is 89.3 cm³/mol. The second-order valence-corrected chi connectivity index (χ2v) is 6.73. The van der Waals surface area contributed by atoms with E-state index in [0.29, 0.717) is 6.04 Å². The molecule has 1 aromatic rings. The fraction of sp³-hybridized carbons (Fsp3) is 0.667. The summed E-state index contributed by atoms with van der Waals surface area (Å²) in [4.78, 5) is 2.37. The summed E-state index contributed by atoms with van der Waals surface area (Å²) in [6.45, 7) is 14.4. The average molecular weight is 276 g/mol. The van der Waals surface area contributed by atoms with E-state index in [1.54, 1.807) is 0 Å². The van der Waals surface area contributed by atoms with Crippen LogP contribution in [0.3, 0.4) is 0 Å². The third kappa shape index (κ3) is 5.26. The second kappa shape index (κ2) is 7.80. The quantitative estimate of drug-likeness (QED) is 0.810. The molecule has 0 saturated carbocycles. The number of nitrogens with one attached hydrogen (secondary N) is 1. The van der Waals surface area contributed by atoms with Crippen LogP contribution in [0, 0.1) is 0 Å². The summed E-state index contributed by atoms with van der Waals surface area (Å²) in [5, 5.41) is 3.67. The van der Waals surface area contributed by atoms with Gasteiger partial charge in [-0.25, -0.2) is 0 Å². The Kier molecular flexibility index (Phi) is 6.70. The summed E-state index contributed by atoms with van der Waals surface area (Å²) in [5.41, 5.74) is 3.02. The molecule has 1 N–H and O–H groups in total. The highest BCUT2D eigenvalue weighted by Crippen LogP contribution is 2.24. The maximum atomic E-state index is 3.67. The summed E-state index contributed by atoms with van der Waals surface area (Å²) in [7, 11) is 2.18. The molecule has 0 fully saturated rings. The molecule has 2 heteroatoms. The van der Waals surface area contributed by atoms with Gasteiger partial charge >= 0.3 is 0 Å². The first kappa shape index (κ1) is 17.2. The Labute approximate surface area is 125 Å². The summed E-state index contributed by atoms with van der Waals surface area (Å²) in [6, 6.07) is 9.56. The Morgan fingerprint density at radius 2 is 1.70 bits per heavy atom. The van der Waals surface area contributed by atoms with Crippen molar-refractivity contribution in [2.45, 2.75) is 52.5 Å². The minimum absolute atomic E-state index is 0.227. The molecule has 0 amide bonds. The van der Waals surface area contributed by atoms with Gasteiger partial charge in [0.2, 0.25) is 0 Å². The van der Waals surface area contributed by atoms with E-state index in [1.807, 2.05) is 0 Å². The largest absolute Gasteiger partial charge is 0.309 e. The third-order valence-corrected chi connectivity index (χ3v) is 3.85. The summed E-state index contributed by atoms with van der Waals surface area (Å²) in [6.07, 6.45) is 1.17. The number of hydrogen-bond acceptors (Lipinski definition) is 2. The predicted octanol–water partition coefficient (Wildman–Crippen LogP) is 3.98. The van der Waals surface area contributed by atoms with Gasteiger partial charge in [0.1, 0.15) is 0 Å². The Bertz CT molecular complexity index is 375. The van der Waals surface area contributed by atoms with Crippen LogP contribution in [0.5, 0.6) is 0 Å². The molecule has 20 heavy (non-hydrogen) atoms. The van der Waals surface area contributed by atoms with Crippen molar-refractivity contribution in [3.05, 3.63) is 35.4 Å². The van der Waals surface area contributed by atoms with Crippen LogP contribution in [0.4, 0.5) is 0 Å². The monoisotopic (exact) mass is 276 g/mol. The molecule has 1 unspecified atom stereocenters. The van der Waals surface area contributed by atoms with Crippen LogP contribution in [-0.4, -0.2) is 31.6 Å². The molecule has 0 saturated heterocycles. The maximum Gasteiger partial charge on any atom is 0.0449 e. The van der Waals surface area contributed by atoms with Gasteiger partial charge in [0.25, 0.3) is 0 Å². The van der Waals surface area contributed by atoms with Gasteiger partial charge in [-0.2, -0.15) is 0 Å². The number of benzene rings is 1. The first-order chi connectivity index (χ1) is 9.38. The van der Waals surface area contributed by atoms with E-state index in [4.69, 9.17) is 0 Å². The molecule has 114 valence electrons. The van der Waals surface area contributed by atoms with E-state index in [-0.39, 0.29) is 5.41 Å². The van der Waals surface area contributed by atoms with Crippen LogP contribution < -0.4 is 5.32 Å². The lowest BCUT2D eigenvalue weighted by Crippen LogP contribution is -2.33. The van der Waals surface area contributed by atoms with Crippen molar-refractivity contribution in [3.63, 3.8) is 0 Å². The Morgan fingerprint density at radius 3 is 2.15 bits per heavy atom. The highest BCUT2D eigenvalue weighted by atomic mass is 15.1. The zero-order valence-corrected chi connectivity index (χ0v) is 14.2. The van der Waals surface area contributed by atoms with Gasteiger partial charge in [-0.05, 0) is 43.1 Å². The van der Waals surface area contributed by atoms with Gasteiger partial charge in [-0.1, -0.05) is 58.9 Å². The summed E-state index contributed by atoms with van der Waals surface area (Å²) >= 11 is 0. The van der Waals surface area contributed by atoms with E-state index >= 15 is 0 Å². The Morgan fingerprint density at radius 1 is 1.10 bits per heavy atom. The third-order valence-electron chi connectivity index (χ3n) is 3.85. The zero-order chi connectivity index (χ0) is 15.2. The number of likely N-dealkylation sites (N-methyl/N-ethyl adjacent to an activating group) is 1. The minimum atomic E-state index is 0.227. The van der Waals surface area contributed by atoms with Crippen molar-refractivity contribution in [1.29, 1.82) is 0 Å². The molecule has 0 aromatic heterocycles. The summed E-state index contributed by atoms with van der Waals surface area (Å²) < 4.78 is 0. The Hall–Kier alpha value is -0.860. The molecule has 0 bridgehead atoms. The maximum absolute atomic E-state index is 3.67. The van der Waals surface area contributed by atoms with Crippen molar-refractivity contribution in [2.75, 3.05) is 26.7 Å². The van der Waals surface area contributed by atoms with E-state index in [0.717, 1.165) is 19.6 Å². The van der Waals surface area contributed by atoms with Crippen LogP contribution >= 0.6 is 0 Å². The van der Waals surface area contributed by atoms with Gasteiger partial charge in [0.05, 0.1) is 0 Å². The van der Waals surface area contributed by atoms with Gasteiger partial charge in [-0.15, -0.1) is 0 Å². The fourth-order valence-electron chi connectivity index (χ4n) is 2.26. The van der Waals surface area contributed by atoms with Crippen molar-refractivity contribution >= 4 is 0 Å². The van der Waals surface area contributed by atoms with Crippen LogP contribution in [0.15, 0.2) is 24.3 Å². The molecular formula is C18H32N2. The molecule has 0 radical (unpaired) electrons. The van der Waals surface area contributed by atoms with Crippen molar-refractivity contribution in [2.24, 2.45) is 0 Å². The minimum Gasteiger partial charge on any atom is -0.309 e. The van der Waals surface area contributed by atoms with Crippen molar-refractivity contribution < 1.29 is 0 Å². The molecule has 1 atom stereocenters. The molecule has 2 nitrogen and oxygen atoms in total. The normalized spacial score (nSPS) is 13.8. The Balaban J connectivity index is 2.84. The average Bonchev–Trinajstić information content (AvgIpc) is 2.42. The van der Waals surface area contributed by atoms with Crippen molar-refractivity contribution in [1.82, 2.24) is 10.2 Å². The highest BCUT2D eigenvalue weighted by molar-refractivity contribution is 5.29. The first-order valence-corrected chi connectivity index (χ1v) is 7.90. The van der Waals surface area contributed by atoms with Crippen LogP contribution in [0.25, 0.3) is 0 Å². The fourth-order valence-corrected chi connectivity index (χ4v) is 2.26. The highest BCUT2D eigenvalue weighted by Gasteiger charge is 2.16. The van der Waals surface area contributed by atoms with E-state index < -0.39 is 0 Å². The molecule has 0 spiro atoms. The molecule has 0 aliphatic heterocycles. The van der Waals surface area contributed by atoms with Crippen molar-refractivity contribution in [3.8, 4) is 0 Å². The SMILES string of the molecule is CCCNC(CN(C)CC)c1ccc(C(C)(C)C)cc1. The molecule has 0 heterocycles. The van der Waals surface area contributed by atoms with Gasteiger partial charge in [0, 0.05) is 12.6 Å². The van der Waals surface area contributed by atoms with E-state index in [9.17, 15) is 0 Å². The smallest absolute Gasteiger partial charge is 0.0449 e. The number of hydrogen-bond donors (Lipinski definition) is 1. The molecule has 1 rings (SSSR count). The van der Waals surface area contributed by atoms with Gasteiger partial charge in [0.15, 0.2) is 0 Å². The lowest BCUT2D eigenvalue weighted by molar-refractivity contribution is 0.303. The topological polar surface area (TPSA) is 15.3 Å².